The molecule has 1 fully saturated rings. The molecule has 2 rings (SSSR count). The first-order valence-corrected chi connectivity index (χ1v) is 4.88. The van der Waals surface area contributed by atoms with Crippen LogP contribution in [-0.4, -0.2) is 25.3 Å². The van der Waals surface area contributed by atoms with Crippen LogP contribution in [0.3, 0.4) is 0 Å². The summed E-state index contributed by atoms with van der Waals surface area (Å²) >= 11 is 0. The zero-order valence-electron chi connectivity index (χ0n) is 8.41. The first-order valence-electron chi connectivity index (χ1n) is 4.88. The summed E-state index contributed by atoms with van der Waals surface area (Å²) in [5.74, 6) is -2.02. The zero-order chi connectivity index (χ0) is 11.5. The van der Waals surface area contributed by atoms with E-state index < -0.39 is 23.7 Å². The molecular formula is C11H10F2O3. The first kappa shape index (κ1) is 11.2. The number of Topliss-reactive ketones (excluding diaryl/α,β-unsaturated/α-hetero) is 1. The summed E-state index contributed by atoms with van der Waals surface area (Å²) in [6.07, 6.45) is -0.667. The van der Waals surface area contributed by atoms with Gasteiger partial charge >= 0.3 is 0 Å². The van der Waals surface area contributed by atoms with Crippen LogP contribution in [0.2, 0.25) is 0 Å². The van der Waals surface area contributed by atoms with E-state index in [4.69, 9.17) is 9.47 Å². The molecule has 0 atom stereocenters. The molecule has 1 aliphatic rings. The monoisotopic (exact) mass is 228 g/mol. The van der Waals surface area contributed by atoms with E-state index in [1.807, 2.05) is 0 Å². The Balaban J connectivity index is 2.08. The van der Waals surface area contributed by atoms with Gasteiger partial charge in [0, 0.05) is 6.07 Å². The van der Waals surface area contributed by atoms with E-state index in [9.17, 15) is 13.6 Å². The minimum Gasteiger partial charge on any atom is -0.350 e. The van der Waals surface area contributed by atoms with Crippen LogP contribution in [0.25, 0.3) is 0 Å². The maximum absolute atomic E-state index is 13.2. The van der Waals surface area contributed by atoms with Crippen molar-refractivity contribution in [3.05, 3.63) is 35.4 Å². The van der Waals surface area contributed by atoms with Crippen LogP contribution in [0.1, 0.15) is 16.8 Å². The highest BCUT2D eigenvalue weighted by Crippen LogP contribution is 2.16. The largest absolute Gasteiger partial charge is 0.350 e. The molecule has 1 aromatic rings. The molecule has 1 saturated heterocycles. The Morgan fingerprint density at radius 3 is 2.62 bits per heavy atom. The molecule has 0 saturated carbocycles. The van der Waals surface area contributed by atoms with Gasteiger partial charge in [0.1, 0.15) is 11.6 Å². The number of hydrogen-bond acceptors (Lipinski definition) is 3. The maximum atomic E-state index is 13.2. The number of carbonyl (C=O) groups is 1. The van der Waals surface area contributed by atoms with Crippen molar-refractivity contribution in [2.24, 2.45) is 0 Å². The summed E-state index contributed by atoms with van der Waals surface area (Å²) in [7, 11) is 0. The summed E-state index contributed by atoms with van der Waals surface area (Å²) in [6.45, 7) is 0.869. The normalized spacial score (nSPS) is 16.6. The third-order valence-electron chi connectivity index (χ3n) is 2.27. The number of carbonyl (C=O) groups excluding carboxylic acids is 1. The van der Waals surface area contributed by atoms with Crippen molar-refractivity contribution in [3.63, 3.8) is 0 Å². The fraction of sp³-hybridized carbons (Fsp3) is 0.364. The summed E-state index contributed by atoms with van der Waals surface area (Å²) in [5, 5.41) is 0. The molecule has 3 nitrogen and oxygen atoms in total. The standard InChI is InChI=1S/C11H10F2O3/c12-7-1-2-8(9(13)5-7)10(14)6-11-15-3-4-16-11/h1-2,5,11H,3-4,6H2. The summed E-state index contributed by atoms with van der Waals surface area (Å²) < 4.78 is 36.0. The smallest absolute Gasteiger partial charge is 0.170 e. The zero-order valence-corrected chi connectivity index (χ0v) is 8.41. The highest BCUT2D eigenvalue weighted by Gasteiger charge is 2.22. The van der Waals surface area contributed by atoms with E-state index in [0.29, 0.717) is 19.3 Å². The van der Waals surface area contributed by atoms with Crippen LogP contribution in [0, 0.1) is 11.6 Å². The fourth-order valence-electron chi connectivity index (χ4n) is 1.50. The molecule has 1 aliphatic heterocycles. The molecule has 0 bridgehead atoms. The van der Waals surface area contributed by atoms with Crippen molar-refractivity contribution in [2.45, 2.75) is 12.7 Å². The van der Waals surface area contributed by atoms with Gasteiger partial charge in [-0.05, 0) is 12.1 Å². The van der Waals surface area contributed by atoms with Crippen LogP contribution < -0.4 is 0 Å². The van der Waals surface area contributed by atoms with Gasteiger partial charge in [-0.1, -0.05) is 0 Å². The Bertz CT molecular complexity index is 400. The molecule has 0 aromatic heterocycles. The lowest BCUT2D eigenvalue weighted by atomic mass is 10.1. The average Bonchev–Trinajstić information content (AvgIpc) is 2.70. The van der Waals surface area contributed by atoms with E-state index >= 15 is 0 Å². The van der Waals surface area contributed by atoms with Gasteiger partial charge in [-0.15, -0.1) is 0 Å². The number of rotatable bonds is 3. The van der Waals surface area contributed by atoms with Crippen LogP contribution in [0.15, 0.2) is 18.2 Å². The Labute approximate surface area is 91.0 Å². The minimum atomic E-state index is -0.858. The number of benzene rings is 1. The lowest BCUT2D eigenvalue weighted by molar-refractivity contribution is -0.0408. The second-order valence-electron chi connectivity index (χ2n) is 3.42. The molecule has 0 N–H and O–H groups in total. The predicted molar refractivity (Wildman–Crippen MR) is 51.0 cm³/mol. The molecule has 86 valence electrons. The lowest BCUT2D eigenvalue weighted by Gasteiger charge is -2.08. The molecular weight excluding hydrogens is 218 g/mol. The second-order valence-corrected chi connectivity index (χ2v) is 3.42. The minimum absolute atomic E-state index is 0.0530. The Hall–Kier alpha value is -1.33. The average molecular weight is 228 g/mol. The Morgan fingerprint density at radius 2 is 2.00 bits per heavy atom. The van der Waals surface area contributed by atoms with Gasteiger partial charge < -0.3 is 9.47 Å². The third-order valence-corrected chi connectivity index (χ3v) is 2.27. The number of ketones is 1. The molecule has 0 unspecified atom stereocenters. The summed E-state index contributed by atoms with van der Waals surface area (Å²) in [6, 6.07) is 2.86. The van der Waals surface area contributed by atoms with Crippen LogP contribution in [0.4, 0.5) is 8.78 Å². The van der Waals surface area contributed by atoms with Crippen molar-refractivity contribution < 1.29 is 23.0 Å². The van der Waals surface area contributed by atoms with Gasteiger partial charge in [0.25, 0.3) is 0 Å². The van der Waals surface area contributed by atoms with Gasteiger partial charge in [0.15, 0.2) is 12.1 Å². The van der Waals surface area contributed by atoms with Crippen molar-refractivity contribution in [1.82, 2.24) is 0 Å². The van der Waals surface area contributed by atoms with E-state index in [-0.39, 0.29) is 12.0 Å². The lowest BCUT2D eigenvalue weighted by Crippen LogP contribution is -2.15. The molecule has 5 heteroatoms. The number of hydrogen-bond donors (Lipinski definition) is 0. The van der Waals surface area contributed by atoms with Gasteiger partial charge in [0.2, 0.25) is 0 Å². The van der Waals surface area contributed by atoms with Crippen molar-refractivity contribution in [1.29, 1.82) is 0 Å². The van der Waals surface area contributed by atoms with Crippen molar-refractivity contribution >= 4 is 5.78 Å². The van der Waals surface area contributed by atoms with E-state index in [1.165, 1.54) is 0 Å². The fourth-order valence-corrected chi connectivity index (χ4v) is 1.50. The van der Waals surface area contributed by atoms with E-state index in [1.54, 1.807) is 0 Å². The topological polar surface area (TPSA) is 35.5 Å². The molecule has 1 aromatic carbocycles. The maximum Gasteiger partial charge on any atom is 0.170 e. The summed E-state index contributed by atoms with van der Waals surface area (Å²) in [5.41, 5.74) is -0.138. The molecule has 0 amide bonds. The van der Waals surface area contributed by atoms with Crippen molar-refractivity contribution in [3.8, 4) is 0 Å². The van der Waals surface area contributed by atoms with Crippen LogP contribution in [-0.2, 0) is 9.47 Å². The Kier molecular flexibility index (Phi) is 3.26. The number of halogens is 2. The van der Waals surface area contributed by atoms with Gasteiger partial charge in [-0.3, -0.25) is 4.79 Å². The van der Waals surface area contributed by atoms with Crippen LogP contribution in [0.5, 0.6) is 0 Å². The quantitative estimate of drug-likeness (QED) is 0.741. The molecule has 0 radical (unpaired) electrons. The highest BCUT2D eigenvalue weighted by atomic mass is 19.1. The first-order chi connectivity index (χ1) is 7.66. The Morgan fingerprint density at radius 1 is 1.31 bits per heavy atom. The van der Waals surface area contributed by atoms with E-state index in [2.05, 4.69) is 0 Å². The van der Waals surface area contributed by atoms with Gasteiger partial charge in [-0.25, -0.2) is 8.78 Å². The van der Waals surface area contributed by atoms with Crippen LogP contribution >= 0.6 is 0 Å². The highest BCUT2D eigenvalue weighted by molar-refractivity contribution is 5.96. The number of ether oxygens (including phenoxy) is 2. The second kappa shape index (κ2) is 4.67. The van der Waals surface area contributed by atoms with E-state index in [0.717, 1.165) is 12.1 Å². The molecule has 0 spiro atoms. The predicted octanol–water partition coefficient (Wildman–Crippen LogP) is 1.91. The third kappa shape index (κ3) is 2.43. The molecule has 1 heterocycles. The molecule has 0 aliphatic carbocycles. The van der Waals surface area contributed by atoms with Gasteiger partial charge in [-0.2, -0.15) is 0 Å². The van der Waals surface area contributed by atoms with Crippen molar-refractivity contribution in [2.75, 3.05) is 13.2 Å². The van der Waals surface area contributed by atoms with Gasteiger partial charge in [0.05, 0.1) is 25.2 Å². The summed E-state index contributed by atoms with van der Waals surface area (Å²) in [4.78, 5) is 11.6. The SMILES string of the molecule is O=C(CC1OCCO1)c1ccc(F)cc1F. The molecule has 16 heavy (non-hydrogen) atoms.